The number of nitrogens with one attached hydrogen (secondary N) is 2. The van der Waals surface area contributed by atoms with Crippen molar-refractivity contribution in [2.24, 2.45) is 0 Å². The zero-order chi connectivity index (χ0) is 26.2. The molecule has 0 saturated carbocycles. The van der Waals surface area contributed by atoms with E-state index in [0.29, 0.717) is 6.61 Å². The van der Waals surface area contributed by atoms with E-state index in [-0.39, 0.29) is 0 Å². The van der Waals surface area contributed by atoms with Crippen molar-refractivity contribution < 1.29 is 4.74 Å². The van der Waals surface area contributed by atoms with Crippen molar-refractivity contribution >= 4 is 27.6 Å². The fourth-order valence-corrected chi connectivity index (χ4v) is 5.81. The van der Waals surface area contributed by atoms with Crippen LogP contribution in [0.25, 0.3) is 44.5 Å². The maximum absolute atomic E-state index is 6.04. The van der Waals surface area contributed by atoms with Crippen molar-refractivity contribution in [2.75, 3.05) is 64.4 Å². The molecule has 1 aromatic carbocycles. The molecule has 0 amide bonds. The second-order valence-electron chi connectivity index (χ2n) is 10.7. The molecule has 9 nitrogen and oxygen atoms in total. The highest BCUT2D eigenvalue weighted by molar-refractivity contribution is 6.00. The number of ether oxygens (including phenoxy) is 1. The van der Waals surface area contributed by atoms with E-state index in [1.165, 1.54) is 37.0 Å². The quantitative estimate of drug-likeness (QED) is 0.328. The number of benzene rings is 1. The molecule has 4 aromatic heterocycles. The van der Waals surface area contributed by atoms with Crippen molar-refractivity contribution in [3.63, 3.8) is 0 Å². The Morgan fingerprint density at radius 1 is 0.897 bits per heavy atom. The van der Waals surface area contributed by atoms with E-state index in [0.717, 1.165) is 77.5 Å². The lowest BCUT2D eigenvalue weighted by atomic mass is 10.1. The van der Waals surface area contributed by atoms with Crippen molar-refractivity contribution in [3.05, 3.63) is 55.0 Å². The summed E-state index contributed by atoms with van der Waals surface area (Å²) in [6.45, 7) is 8.19. The molecule has 2 aliphatic rings. The Morgan fingerprint density at radius 2 is 1.74 bits per heavy atom. The van der Waals surface area contributed by atoms with Crippen LogP contribution in [0.15, 0.2) is 55.0 Å². The fraction of sp³-hybridized carbons (Fsp3) is 0.367. The number of hydrogen-bond acceptors (Lipinski definition) is 7. The van der Waals surface area contributed by atoms with Crippen molar-refractivity contribution in [1.82, 2.24) is 34.9 Å². The summed E-state index contributed by atoms with van der Waals surface area (Å²) in [5.41, 5.74) is 6.96. The molecule has 2 N–H and O–H groups in total. The number of H-pyrrole nitrogens is 2. The molecule has 39 heavy (non-hydrogen) atoms. The van der Waals surface area contributed by atoms with Gasteiger partial charge in [0.25, 0.3) is 0 Å². The lowest BCUT2D eigenvalue weighted by molar-refractivity contribution is 0.237. The zero-order valence-electron chi connectivity index (χ0n) is 22.4. The Hall–Kier alpha value is -3.95. The number of hydrogen-bond donors (Lipinski definition) is 2. The van der Waals surface area contributed by atoms with Crippen LogP contribution in [0.2, 0.25) is 0 Å². The SMILES string of the molecule is CN1CCN(c2cccc3[nH]c(-c4n[nH]c5ncc(-c6cncc(OCCN7CCCC7)c6)cc45)cc23)CC1. The number of likely N-dealkylation sites (N-methyl/N-ethyl adjacent to an activating group) is 1. The highest BCUT2D eigenvalue weighted by atomic mass is 16.5. The van der Waals surface area contributed by atoms with Crippen molar-refractivity contribution in [3.8, 4) is 28.3 Å². The first-order valence-electron chi connectivity index (χ1n) is 13.9. The van der Waals surface area contributed by atoms with Gasteiger partial charge in [-0.3, -0.25) is 15.0 Å². The van der Waals surface area contributed by atoms with Gasteiger partial charge in [-0.05, 0) is 63.3 Å². The highest BCUT2D eigenvalue weighted by Gasteiger charge is 2.19. The van der Waals surface area contributed by atoms with Gasteiger partial charge in [0.1, 0.15) is 18.1 Å². The predicted octanol–water partition coefficient (Wildman–Crippen LogP) is 4.39. The summed E-state index contributed by atoms with van der Waals surface area (Å²) in [5.74, 6) is 0.784. The summed E-state index contributed by atoms with van der Waals surface area (Å²) < 4.78 is 6.04. The Balaban J connectivity index is 1.17. The third kappa shape index (κ3) is 4.84. The maximum atomic E-state index is 6.04. The van der Waals surface area contributed by atoms with Gasteiger partial charge in [-0.15, -0.1) is 0 Å². The topological polar surface area (TPSA) is 89.2 Å². The molecule has 0 bridgehead atoms. The summed E-state index contributed by atoms with van der Waals surface area (Å²) in [7, 11) is 2.19. The number of aromatic nitrogens is 5. The Morgan fingerprint density at radius 3 is 2.62 bits per heavy atom. The molecule has 200 valence electrons. The minimum atomic E-state index is 0.671. The molecule has 2 fully saturated rings. The van der Waals surface area contributed by atoms with E-state index < -0.39 is 0 Å². The first kappa shape index (κ1) is 24.1. The maximum Gasteiger partial charge on any atom is 0.155 e. The largest absolute Gasteiger partial charge is 0.491 e. The standard InChI is InChI=1S/C30H34N8O/c1-36-9-11-38(12-10-36)28-6-4-5-26-24(28)17-27(33-26)29-25-16-22(19-32-30(25)35-34-29)21-15-23(20-31-18-21)39-14-13-37-7-2-3-8-37/h4-6,15-20,33H,2-3,7-14H2,1H3,(H,32,34,35). The van der Waals surface area contributed by atoms with Crippen LogP contribution in [0.4, 0.5) is 5.69 Å². The van der Waals surface area contributed by atoms with Gasteiger partial charge >= 0.3 is 0 Å². The lowest BCUT2D eigenvalue weighted by Crippen LogP contribution is -2.44. The van der Waals surface area contributed by atoms with Gasteiger partial charge in [-0.2, -0.15) is 5.10 Å². The van der Waals surface area contributed by atoms with Gasteiger partial charge in [0.15, 0.2) is 5.65 Å². The Kier molecular flexibility index (Phi) is 6.38. The van der Waals surface area contributed by atoms with Crippen LogP contribution >= 0.6 is 0 Å². The lowest BCUT2D eigenvalue weighted by Gasteiger charge is -2.34. The number of anilines is 1. The molecule has 0 unspecified atom stereocenters. The van der Waals surface area contributed by atoms with Crippen LogP contribution < -0.4 is 9.64 Å². The number of nitrogens with zero attached hydrogens (tertiary/aromatic N) is 6. The molecule has 2 saturated heterocycles. The van der Waals surface area contributed by atoms with E-state index in [1.54, 1.807) is 6.20 Å². The van der Waals surface area contributed by atoms with Gasteiger partial charge in [-0.25, -0.2) is 4.98 Å². The zero-order valence-corrected chi connectivity index (χ0v) is 22.4. The Bertz CT molecular complexity index is 1590. The molecule has 7 rings (SSSR count). The molecule has 0 aliphatic carbocycles. The van der Waals surface area contributed by atoms with E-state index in [2.05, 4.69) is 77.2 Å². The molecule has 0 atom stereocenters. The van der Waals surface area contributed by atoms with E-state index in [4.69, 9.17) is 4.74 Å². The fourth-order valence-electron chi connectivity index (χ4n) is 5.81. The van der Waals surface area contributed by atoms with Crippen molar-refractivity contribution in [1.29, 1.82) is 0 Å². The van der Waals surface area contributed by atoms with Crippen LogP contribution in [-0.4, -0.2) is 94.4 Å². The molecule has 0 radical (unpaired) electrons. The molecule has 6 heterocycles. The first-order valence-corrected chi connectivity index (χ1v) is 13.9. The molecule has 2 aliphatic heterocycles. The van der Waals surface area contributed by atoms with Crippen LogP contribution in [0.5, 0.6) is 5.75 Å². The van der Waals surface area contributed by atoms with Crippen molar-refractivity contribution in [2.45, 2.75) is 12.8 Å². The summed E-state index contributed by atoms with van der Waals surface area (Å²) in [6.07, 6.45) is 8.09. The number of piperazine rings is 1. The van der Waals surface area contributed by atoms with Crippen LogP contribution in [-0.2, 0) is 0 Å². The summed E-state index contributed by atoms with van der Waals surface area (Å²) in [6, 6.07) is 12.9. The van der Waals surface area contributed by atoms with Gasteiger partial charge < -0.3 is 19.5 Å². The third-order valence-corrected chi connectivity index (χ3v) is 8.08. The summed E-state index contributed by atoms with van der Waals surface area (Å²) in [5, 5.41) is 9.97. The highest BCUT2D eigenvalue weighted by Crippen LogP contribution is 2.34. The molecular formula is C30H34N8O. The average molecular weight is 523 g/mol. The molecule has 0 spiro atoms. The monoisotopic (exact) mass is 522 g/mol. The van der Waals surface area contributed by atoms with Crippen LogP contribution in [0.1, 0.15) is 12.8 Å². The second-order valence-corrected chi connectivity index (χ2v) is 10.7. The van der Waals surface area contributed by atoms with E-state index in [1.807, 2.05) is 18.5 Å². The van der Waals surface area contributed by atoms with Gasteiger partial charge in [0.2, 0.25) is 0 Å². The number of aromatic amines is 2. The molecule has 5 aromatic rings. The minimum absolute atomic E-state index is 0.671. The average Bonchev–Trinajstić information content (AvgIpc) is 3.73. The second kappa shape index (κ2) is 10.3. The Labute approximate surface area is 227 Å². The predicted molar refractivity (Wildman–Crippen MR) is 155 cm³/mol. The number of fused-ring (bicyclic) bond motifs is 2. The number of likely N-dealkylation sites (tertiary alicyclic amines) is 1. The normalized spacial score (nSPS) is 17.0. The van der Waals surface area contributed by atoms with Crippen LogP contribution in [0, 0.1) is 0 Å². The summed E-state index contributed by atoms with van der Waals surface area (Å²) in [4.78, 5) is 20.0. The minimum Gasteiger partial charge on any atom is -0.491 e. The number of rotatable bonds is 7. The third-order valence-electron chi connectivity index (χ3n) is 8.08. The number of pyridine rings is 2. The summed E-state index contributed by atoms with van der Waals surface area (Å²) >= 11 is 0. The van der Waals surface area contributed by atoms with Crippen LogP contribution in [0.3, 0.4) is 0 Å². The molecule has 9 heteroatoms. The molecular weight excluding hydrogens is 488 g/mol. The van der Waals surface area contributed by atoms with Gasteiger partial charge in [-0.1, -0.05) is 6.07 Å². The smallest absolute Gasteiger partial charge is 0.155 e. The van der Waals surface area contributed by atoms with Gasteiger partial charge in [0, 0.05) is 78.2 Å². The van der Waals surface area contributed by atoms with E-state index >= 15 is 0 Å². The van der Waals surface area contributed by atoms with E-state index in [9.17, 15) is 0 Å². The first-order chi connectivity index (χ1) is 19.2. The van der Waals surface area contributed by atoms with Gasteiger partial charge in [0.05, 0.1) is 11.9 Å².